The third-order valence-electron chi connectivity index (χ3n) is 4.47. The Morgan fingerprint density at radius 3 is 2.65 bits per heavy atom. The fourth-order valence-corrected chi connectivity index (χ4v) is 3.10. The van der Waals surface area contributed by atoms with Gasteiger partial charge < -0.3 is 10.4 Å². The molecule has 1 atom stereocenters. The molecule has 0 saturated heterocycles. The van der Waals surface area contributed by atoms with Gasteiger partial charge in [0.2, 0.25) is 5.91 Å². The van der Waals surface area contributed by atoms with E-state index in [2.05, 4.69) is 19.2 Å². The first-order valence-electron chi connectivity index (χ1n) is 7.55. The largest absolute Gasteiger partial charge is 0.508 e. The minimum Gasteiger partial charge on any atom is -0.508 e. The van der Waals surface area contributed by atoms with Crippen LogP contribution in [0, 0.1) is 11.3 Å². The molecule has 0 bridgehead atoms. The van der Waals surface area contributed by atoms with E-state index in [0.29, 0.717) is 6.54 Å². The topological polar surface area (TPSA) is 49.3 Å². The van der Waals surface area contributed by atoms with Crippen LogP contribution in [0.4, 0.5) is 0 Å². The second kappa shape index (κ2) is 6.29. The molecule has 1 aromatic rings. The van der Waals surface area contributed by atoms with Crippen molar-refractivity contribution >= 4 is 5.91 Å². The fraction of sp³-hybridized carbons (Fsp3) is 0.588. The van der Waals surface area contributed by atoms with Crippen LogP contribution in [0.25, 0.3) is 0 Å². The highest BCUT2D eigenvalue weighted by Gasteiger charge is 2.36. The highest BCUT2D eigenvalue weighted by atomic mass is 16.3. The summed E-state index contributed by atoms with van der Waals surface area (Å²) in [6, 6.07) is 7.15. The molecule has 110 valence electrons. The third kappa shape index (κ3) is 3.75. The third-order valence-corrected chi connectivity index (χ3v) is 4.47. The lowest BCUT2D eigenvalue weighted by molar-refractivity contribution is -0.130. The molecule has 1 unspecified atom stereocenters. The van der Waals surface area contributed by atoms with Gasteiger partial charge in [0.15, 0.2) is 0 Å². The number of carbonyl (C=O) groups is 1. The Kier molecular flexibility index (Phi) is 4.69. The molecule has 1 saturated carbocycles. The lowest BCUT2D eigenvalue weighted by Gasteiger charge is -2.37. The van der Waals surface area contributed by atoms with E-state index < -0.39 is 0 Å². The molecule has 3 nitrogen and oxygen atoms in total. The normalized spacial score (nSPS) is 21.4. The van der Waals surface area contributed by atoms with Gasteiger partial charge in [-0.25, -0.2) is 0 Å². The number of nitrogens with one attached hydrogen (secondary N) is 1. The summed E-state index contributed by atoms with van der Waals surface area (Å²) in [7, 11) is 0. The monoisotopic (exact) mass is 275 g/mol. The predicted molar refractivity (Wildman–Crippen MR) is 80.6 cm³/mol. The Balaban J connectivity index is 1.81. The number of carbonyl (C=O) groups excluding carboxylic acids is 1. The van der Waals surface area contributed by atoms with Gasteiger partial charge in [-0.3, -0.25) is 4.79 Å². The van der Waals surface area contributed by atoms with Gasteiger partial charge in [-0.05, 0) is 42.4 Å². The van der Waals surface area contributed by atoms with Crippen LogP contribution in [-0.4, -0.2) is 17.6 Å². The van der Waals surface area contributed by atoms with Gasteiger partial charge >= 0.3 is 0 Å². The lowest BCUT2D eigenvalue weighted by Crippen LogP contribution is -2.41. The van der Waals surface area contributed by atoms with E-state index in [4.69, 9.17) is 0 Å². The summed E-state index contributed by atoms with van der Waals surface area (Å²) in [6.07, 6.45) is 5.37. The quantitative estimate of drug-likeness (QED) is 0.886. The van der Waals surface area contributed by atoms with Crippen LogP contribution in [-0.2, 0) is 11.2 Å². The van der Waals surface area contributed by atoms with Crippen LogP contribution >= 0.6 is 0 Å². The zero-order valence-corrected chi connectivity index (χ0v) is 12.5. The zero-order valence-electron chi connectivity index (χ0n) is 12.5. The number of rotatable bonds is 4. The molecular weight excluding hydrogens is 250 g/mol. The van der Waals surface area contributed by atoms with Gasteiger partial charge in [-0.2, -0.15) is 0 Å². The van der Waals surface area contributed by atoms with E-state index in [1.807, 2.05) is 12.1 Å². The second-order valence-electron chi connectivity index (χ2n) is 6.49. The molecule has 2 rings (SSSR count). The minimum atomic E-state index is 0.126. The van der Waals surface area contributed by atoms with Crippen molar-refractivity contribution in [2.45, 2.75) is 46.0 Å². The van der Waals surface area contributed by atoms with Gasteiger partial charge in [0.25, 0.3) is 0 Å². The molecule has 1 aliphatic carbocycles. The van der Waals surface area contributed by atoms with Crippen molar-refractivity contribution in [3.05, 3.63) is 29.8 Å². The lowest BCUT2D eigenvalue weighted by atomic mass is 9.68. The predicted octanol–water partition coefficient (Wildman–Crippen LogP) is 3.27. The first-order chi connectivity index (χ1) is 9.49. The number of hydrogen-bond donors (Lipinski definition) is 2. The SMILES string of the molecule is CC1(C)CCCCC1C(=O)NCCc1ccc(O)cc1. The summed E-state index contributed by atoms with van der Waals surface area (Å²) >= 11 is 0. The highest BCUT2D eigenvalue weighted by Crippen LogP contribution is 2.40. The molecule has 0 aromatic heterocycles. The molecule has 0 radical (unpaired) electrons. The summed E-state index contributed by atoms with van der Waals surface area (Å²) in [4.78, 5) is 12.3. The molecular formula is C17H25NO2. The molecule has 1 fully saturated rings. The molecule has 0 aliphatic heterocycles. The molecule has 1 aromatic carbocycles. The molecule has 2 N–H and O–H groups in total. The maximum absolute atomic E-state index is 12.3. The Hall–Kier alpha value is -1.51. The average molecular weight is 275 g/mol. The smallest absolute Gasteiger partial charge is 0.223 e. The van der Waals surface area contributed by atoms with Crippen molar-refractivity contribution in [1.82, 2.24) is 5.32 Å². The summed E-state index contributed by atoms with van der Waals surface area (Å²) in [5.74, 6) is 0.631. The van der Waals surface area contributed by atoms with E-state index in [1.54, 1.807) is 12.1 Å². The van der Waals surface area contributed by atoms with Crippen LogP contribution in [0.3, 0.4) is 0 Å². The average Bonchev–Trinajstić information content (AvgIpc) is 2.40. The number of phenolic OH excluding ortho intramolecular Hbond substituents is 1. The van der Waals surface area contributed by atoms with Gasteiger partial charge in [0.05, 0.1) is 0 Å². The number of aromatic hydroxyl groups is 1. The van der Waals surface area contributed by atoms with Crippen molar-refractivity contribution < 1.29 is 9.90 Å². The van der Waals surface area contributed by atoms with Crippen molar-refractivity contribution in [2.75, 3.05) is 6.54 Å². The summed E-state index contributed by atoms with van der Waals surface area (Å²) in [5, 5.41) is 12.3. The van der Waals surface area contributed by atoms with Crippen molar-refractivity contribution in [3.63, 3.8) is 0 Å². The number of phenols is 1. The van der Waals surface area contributed by atoms with Crippen LogP contribution in [0.15, 0.2) is 24.3 Å². The van der Waals surface area contributed by atoms with E-state index in [9.17, 15) is 9.90 Å². The molecule has 0 spiro atoms. The van der Waals surface area contributed by atoms with Gasteiger partial charge in [0.1, 0.15) is 5.75 Å². The second-order valence-corrected chi connectivity index (χ2v) is 6.49. The zero-order chi connectivity index (χ0) is 14.6. The van der Waals surface area contributed by atoms with Gasteiger partial charge in [-0.15, -0.1) is 0 Å². The summed E-state index contributed by atoms with van der Waals surface area (Å²) in [6.45, 7) is 5.07. The van der Waals surface area contributed by atoms with Crippen molar-refractivity contribution in [2.24, 2.45) is 11.3 Å². The number of hydrogen-bond acceptors (Lipinski definition) is 2. The Bertz CT molecular complexity index is 451. The van der Waals surface area contributed by atoms with Crippen molar-refractivity contribution in [3.8, 4) is 5.75 Å². The van der Waals surface area contributed by atoms with Crippen LogP contribution < -0.4 is 5.32 Å². The highest BCUT2D eigenvalue weighted by molar-refractivity contribution is 5.79. The molecule has 20 heavy (non-hydrogen) atoms. The molecule has 1 aliphatic rings. The minimum absolute atomic E-state index is 0.126. The van der Waals surface area contributed by atoms with Crippen molar-refractivity contribution in [1.29, 1.82) is 0 Å². The maximum Gasteiger partial charge on any atom is 0.223 e. The van der Waals surface area contributed by atoms with Crippen LogP contribution in [0.1, 0.15) is 45.1 Å². The summed E-state index contributed by atoms with van der Waals surface area (Å²) < 4.78 is 0. The first-order valence-corrected chi connectivity index (χ1v) is 7.55. The van der Waals surface area contributed by atoms with Crippen LogP contribution in [0.2, 0.25) is 0 Å². The Morgan fingerprint density at radius 2 is 2.00 bits per heavy atom. The van der Waals surface area contributed by atoms with E-state index in [-0.39, 0.29) is 23.0 Å². The van der Waals surface area contributed by atoms with E-state index in [1.165, 1.54) is 12.8 Å². The van der Waals surface area contributed by atoms with E-state index >= 15 is 0 Å². The standard InChI is InChI=1S/C17H25NO2/c1-17(2)11-4-3-5-15(17)16(20)18-12-10-13-6-8-14(19)9-7-13/h6-9,15,19H,3-5,10-12H2,1-2H3,(H,18,20). The maximum atomic E-state index is 12.3. The fourth-order valence-electron chi connectivity index (χ4n) is 3.10. The van der Waals surface area contributed by atoms with Gasteiger partial charge in [0, 0.05) is 12.5 Å². The number of amides is 1. The number of benzene rings is 1. The molecule has 0 heterocycles. The first kappa shape index (κ1) is 14.9. The Morgan fingerprint density at radius 1 is 1.30 bits per heavy atom. The van der Waals surface area contributed by atoms with Crippen LogP contribution in [0.5, 0.6) is 5.75 Å². The van der Waals surface area contributed by atoms with E-state index in [0.717, 1.165) is 24.8 Å². The molecule has 3 heteroatoms. The Labute approximate surface area is 121 Å². The summed E-state index contributed by atoms with van der Waals surface area (Å²) in [5.41, 5.74) is 1.26. The molecule has 1 amide bonds. The van der Waals surface area contributed by atoms with Gasteiger partial charge in [-0.1, -0.05) is 38.8 Å².